The van der Waals surface area contributed by atoms with E-state index in [0.29, 0.717) is 12.5 Å². The number of thiazole rings is 1. The number of hydrogen-bond donors (Lipinski definition) is 0. The second kappa shape index (κ2) is 4.77. The van der Waals surface area contributed by atoms with Crippen LogP contribution in [0.15, 0.2) is 0 Å². The van der Waals surface area contributed by atoms with Crippen molar-refractivity contribution in [1.82, 2.24) is 4.98 Å². The van der Waals surface area contributed by atoms with Crippen LogP contribution >= 0.6 is 23.1 Å². The van der Waals surface area contributed by atoms with Gasteiger partial charge in [-0.3, -0.25) is 4.79 Å². The fourth-order valence-electron chi connectivity index (χ4n) is 2.84. The fraction of sp³-hybridized carbons (Fsp3) is 0.714. The molecular formula is C14H20N2OS2. The quantitative estimate of drug-likeness (QED) is 0.796. The summed E-state index contributed by atoms with van der Waals surface area (Å²) in [4.78, 5) is 20.3. The normalized spacial score (nSPS) is 26.4. The maximum atomic E-state index is 12.2. The highest BCUT2D eigenvalue weighted by Gasteiger charge is 2.35. The number of Topliss-reactive ketones (excluding diaryl/α,β-unsaturated/α-hetero) is 1. The van der Waals surface area contributed by atoms with Crippen molar-refractivity contribution < 1.29 is 4.79 Å². The molecule has 1 aromatic heterocycles. The minimum atomic E-state index is 0.0682. The van der Waals surface area contributed by atoms with E-state index in [1.807, 2.05) is 11.8 Å². The molecule has 1 atom stereocenters. The molecule has 5 heteroatoms. The highest BCUT2D eigenvalue weighted by molar-refractivity contribution is 7.99. The van der Waals surface area contributed by atoms with Gasteiger partial charge in [0, 0.05) is 30.5 Å². The predicted octanol–water partition coefficient (Wildman–Crippen LogP) is 3.24. The number of hydrogen-bond acceptors (Lipinski definition) is 5. The van der Waals surface area contributed by atoms with E-state index in [4.69, 9.17) is 4.98 Å². The van der Waals surface area contributed by atoms with Crippen LogP contribution < -0.4 is 4.90 Å². The molecule has 1 aliphatic heterocycles. The minimum Gasteiger partial charge on any atom is -0.344 e. The fourth-order valence-corrected chi connectivity index (χ4v) is 5.00. The molecule has 1 aliphatic carbocycles. The lowest BCUT2D eigenvalue weighted by Gasteiger charge is -2.32. The van der Waals surface area contributed by atoms with Crippen LogP contribution in [0.3, 0.4) is 0 Å². The van der Waals surface area contributed by atoms with Gasteiger partial charge in [-0.15, -0.1) is 0 Å². The largest absolute Gasteiger partial charge is 0.344 e. The lowest BCUT2D eigenvalue weighted by atomic mass is 9.78. The topological polar surface area (TPSA) is 33.2 Å². The Bertz CT molecular complexity index is 510. The third-order valence-electron chi connectivity index (χ3n) is 3.84. The van der Waals surface area contributed by atoms with Crippen LogP contribution in [-0.2, 0) is 6.42 Å². The van der Waals surface area contributed by atoms with Gasteiger partial charge < -0.3 is 4.90 Å². The average Bonchev–Trinajstić information content (AvgIpc) is 2.71. The monoisotopic (exact) mass is 296 g/mol. The molecule has 104 valence electrons. The first-order valence-corrected chi connectivity index (χ1v) is 8.81. The molecule has 0 N–H and O–H groups in total. The van der Waals surface area contributed by atoms with Gasteiger partial charge in [0.2, 0.25) is 0 Å². The molecule has 0 radical (unpaired) electrons. The molecular weight excluding hydrogens is 276 g/mol. The molecule has 1 fully saturated rings. The van der Waals surface area contributed by atoms with Gasteiger partial charge in [-0.25, -0.2) is 4.98 Å². The Labute approximate surface area is 122 Å². The van der Waals surface area contributed by atoms with Crippen LogP contribution in [0.25, 0.3) is 0 Å². The van der Waals surface area contributed by atoms with E-state index in [-0.39, 0.29) is 11.2 Å². The molecule has 0 aromatic carbocycles. The molecule has 1 unspecified atom stereocenters. The summed E-state index contributed by atoms with van der Waals surface area (Å²) in [7, 11) is 0. The molecule has 19 heavy (non-hydrogen) atoms. The summed E-state index contributed by atoms with van der Waals surface area (Å²) in [6, 6.07) is 0.523. The number of nitrogens with zero attached hydrogens (tertiary/aromatic N) is 2. The molecule has 3 rings (SSSR count). The molecule has 2 aliphatic rings. The number of carbonyl (C=O) groups is 1. The lowest BCUT2D eigenvalue weighted by Crippen LogP contribution is -2.40. The highest BCUT2D eigenvalue weighted by Crippen LogP contribution is 2.40. The van der Waals surface area contributed by atoms with Crippen molar-refractivity contribution in [1.29, 1.82) is 0 Å². The van der Waals surface area contributed by atoms with Crippen molar-refractivity contribution in [3.63, 3.8) is 0 Å². The molecule has 3 nitrogen and oxygen atoms in total. The zero-order chi connectivity index (χ0) is 13.6. The number of ketones is 1. The number of rotatable bonds is 1. The average molecular weight is 296 g/mol. The van der Waals surface area contributed by atoms with E-state index >= 15 is 0 Å². The summed E-state index contributed by atoms with van der Waals surface area (Å²) in [5.74, 6) is 2.60. The summed E-state index contributed by atoms with van der Waals surface area (Å²) in [5, 5.41) is 1.06. The van der Waals surface area contributed by atoms with Gasteiger partial charge in [0.15, 0.2) is 10.9 Å². The van der Waals surface area contributed by atoms with Crippen LogP contribution in [0.4, 0.5) is 5.13 Å². The summed E-state index contributed by atoms with van der Waals surface area (Å²) in [5.41, 5.74) is 1.10. The van der Waals surface area contributed by atoms with Gasteiger partial charge in [-0.05, 0) is 18.8 Å². The highest BCUT2D eigenvalue weighted by atomic mass is 32.2. The first kappa shape index (κ1) is 13.4. The van der Waals surface area contributed by atoms with Gasteiger partial charge in [-0.2, -0.15) is 11.8 Å². The smallest absolute Gasteiger partial charge is 0.186 e. The Morgan fingerprint density at radius 2 is 2.16 bits per heavy atom. The van der Waals surface area contributed by atoms with E-state index in [1.165, 1.54) is 0 Å². The van der Waals surface area contributed by atoms with E-state index in [1.54, 1.807) is 11.3 Å². The Balaban J connectivity index is 1.92. The minimum absolute atomic E-state index is 0.0682. The van der Waals surface area contributed by atoms with Gasteiger partial charge in [0.1, 0.15) is 0 Å². The molecule has 0 bridgehead atoms. The van der Waals surface area contributed by atoms with E-state index < -0.39 is 0 Å². The maximum absolute atomic E-state index is 12.2. The van der Waals surface area contributed by atoms with Crippen LogP contribution in [0.1, 0.15) is 42.6 Å². The number of anilines is 1. The van der Waals surface area contributed by atoms with Gasteiger partial charge >= 0.3 is 0 Å². The molecule has 2 heterocycles. The van der Waals surface area contributed by atoms with Crippen molar-refractivity contribution in [2.45, 2.75) is 39.7 Å². The zero-order valence-corrected chi connectivity index (χ0v) is 13.4. The van der Waals surface area contributed by atoms with Gasteiger partial charge in [0.05, 0.1) is 10.6 Å². The van der Waals surface area contributed by atoms with Crippen LogP contribution in [0.2, 0.25) is 0 Å². The van der Waals surface area contributed by atoms with Gasteiger partial charge in [-0.1, -0.05) is 25.2 Å². The number of fused-ring (bicyclic) bond motifs is 1. The van der Waals surface area contributed by atoms with Crippen molar-refractivity contribution in [3.05, 3.63) is 10.6 Å². The molecule has 1 saturated heterocycles. The van der Waals surface area contributed by atoms with E-state index in [0.717, 1.165) is 40.2 Å². The first-order chi connectivity index (χ1) is 8.96. The van der Waals surface area contributed by atoms with Crippen LogP contribution in [-0.4, -0.2) is 34.9 Å². The van der Waals surface area contributed by atoms with Gasteiger partial charge in [0.25, 0.3) is 0 Å². The van der Waals surface area contributed by atoms with Crippen molar-refractivity contribution in [2.24, 2.45) is 5.41 Å². The number of thioether (sulfide) groups is 1. The second-order valence-corrected chi connectivity index (χ2v) is 8.46. The third kappa shape index (κ3) is 2.55. The number of aromatic nitrogens is 1. The SMILES string of the molecule is CC1CSCCN1c1nc2c(s1)C(=O)CC(C)(C)C2. The molecule has 0 spiro atoms. The van der Waals surface area contributed by atoms with Crippen molar-refractivity contribution >= 4 is 34.0 Å². The summed E-state index contributed by atoms with van der Waals surface area (Å²) in [6.07, 6.45) is 1.59. The van der Waals surface area contributed by atoms with E-state index in [9.17, 15) is 4.79 Å². The summed E-state index contributed by atoms with van der Waals surface area (Å²) >= 11 is 3.62. The zero-order valence-electron chi connectivity index (χ0n) is 11.7. The number of carbonyl (C=O) groups excluding carboxylic acids is 1. The predicted molar refractivity (Wildman–Crippen MR) is 82.7 cm³/mol. The van der Waals surface area contributed by atoms with E-state index in [2.05, 4.69) is 25.7 Å². The first-order valence-electron chi connectivity index (χ1n) is 6.83. The third-order valence-corrected chi connectivity index (χ3v) is 6.20. The van der Waals surface area contributed by atoms with Crippen molar-refractivity contribution in [2.75, 3.05) is 23.0 Å². The molecule has 0 amide bonds. The van der Waals surface area contributed by atoms with Crippen LogP contribution in [0.5, 0.6) is 0 Å². The Kier molecular flexibility index (Phi) is 3.38. The Hall–Kier alpha value is -0.550. The summed E-state index contributed by atoms with van der Waals surface area (Å²) in [6.45, 7) is 7.62. The standard InChI is InChI=1S/C14H20N2OS2/c1-9-8-18-5-4-16(9)13-15-10-6-14(2,3)7-11(17)12(10)19-13/h9H,4-8H2,1-3H3. The lowest BCUT2D eigenvalue weighted by molar-refractivity contribution is 0.0916. The summed E-state index contributed by atoms with van der Waals surface area (Å²) < 4.78 is 0. The Morgan fingerprint density at radius 3 is 2.89 bits per heavy atom. The van der Waals surface area contributed by atoms with Crippen molar-refractivity contribution in [3.8, 4) is 0 Å². The maximum Gasteiger partial charge on any atom is 0.186 e. The molecule has 0 saturated carbocycles. The molecule has 1 aromatic rings. The Morgan fingerprint density at radius 1 is 1.37 bits per heavy atom. The second-order valence-electron chi connectivity index (χ2n) is 6.33. The van der Waals surface area contributed by atoms with Crippen LogP contribution in [0, 0.1) is 5.41 Å².